The van der Waals surface area contributed by atoms with Crippen LogP contribution in [0.2, 0.25) is 0 Å². The lowest BCUT2D eigenvalue weighted by Crippen LogP contribution is -2.49. The van der Waals surface area contributed by atoms with Crippen LogP contribution in [0.4, 0.5) is 4.39 Å². The molecule has 5 nitrogen and oxygen atoms in total. The number of hydroxylamine groups is 1. The number of hydrogen-bond donors (Lipinski definition) is 2. The van der Waals surface area contributed by atoms with Crippen LogP contribution in [0.1, 0.15) is 67.9 Å². The highest BCUT2D eigenvalue weighted by atomic mass is 19.1. The van der Waals surface area contributed by atoms with Crippen molar-refractivity contribution in [2.24, 2.45) is 5.92 Å². The molecule has 0 aliphatic carbocycles. The van der Waals surface area contributed by atoms with Gasteiger partial charge in [-0.05, 0) is 75.3 Å². The van der Waals surface area contributed by atoms with Crippen molar-refractivity contribution in [1.82, 2.24) is 15.3 Å². The van der Waals surface area contributed by atoms with E-state index in [2.05, 4.69) is 37.6 Å². The number of rotatable bonds is 5. The van der Waals surface area contributed by atoms with E-state index in [1.54, 1.807) is 11.5 Å². The summed E-state index contributed by atoms with van der Waals surface area (Å²) in [5, 5.41) is 8.89. The minimum Gasteiger partial charge on any atom is -0.301 e. The molecule has 1 fully saturated rings. The SMILES string of the molecule is CCC1Cc2c(F)cc(C(=O)NO)cc2CN1CC1CC(C)N(C)C(CC)C1. The molecule has 3 rings (SSSR count). The zero-order valence-electron chi connectivity index (χ0n) is 17.5. The quantitative estimate of drug-likeness (QED) is 0.595. The van der Waals surface area contributed by atoms with Gasteiger partial charge in [0.1, 0.15) is 5.82 Å². The van der Waals surface area contributed by atoms with Gasteiger partial charge >= 0.3 is 0 Å². The van der Waals surface area contributed by atoms with Crippen LogP contribution in [-0.2, 0) is 13.0 Å². The predicted molar refractivity (Wildman–Crippen MR) is 108 cm³/mol. The van der Waals surface area contributed by atoms with Crippen LogP contribution in [0.25, 0.3) is 0 Å². The normalized spacial score (nSPS) is 28.8. The van der Waals surface area contributed by atoms with Crippen molar-refractivity contribution in [3.8, 4) is 0 Å². The number of nitrogens with zero attached hydrogens (tertiary/aromatic N) is 2. The minimum atomic E-state index is -0.666. The fourth-order valence-corrected chi connectivity index (χ4v) is 5.18. The first-order chi connectivity index (χ1) is 13.4. The fourth-order valence-electron chi connectivity index (χ4n) is 5.18. The number of nitrogens with one attached hydrogen (secondary N) is 1. The summed E-state index contributed by atoms with van der Waals surface area (Å²) in [7, 11) is 2.23. The van der Waals surface area contributed by atoms with Gasteiger partial charge < -0.3 is 4.90 Å². The summed E-state index contributed by atoms with van der Waals surface area (Å²) in [5.41, 5.74) is 3.38. The molecule has 156 valence electrons. The van der Waals surface area contributed by atoms with Crippen LogP contribution in [0, 0.1) is 11.7 Å². The van der Waals surface area contributed by atoms with Gasteiger partial charge in [-0.25, -0.2) is 9.87 Å². The Balaban J connectivity index is 1.80. The van der Waals surface area contributed by atoms with E-state index < -0.39 is 5.91 Å². The van der Waals surface area contributed by atoms with Crippen LogP contribution < -0.4 is 5.48 Å². The Bertz CT molecular complexity index is 711. The number of halogens is 1. The smallest absolute Gasteiger partial charge is 0.274 e. The molecular formula is C22H34FN3O2. The lowest BCUT2D eigenvalue weighted by Gasteiger charge is -2.45. The van der Waals surface area contributed by atoms with Gasteiger partial charge in [0.15, 0.2) is 0 Å². The van der Waals surface area contributed by atoms with Crippen molar-refractivity contribution in [3.63, 3.8) is 0 Å². The second-order valence-corrected chi connectivity index (χ2v) is 8.65. The molecular weight excluding hydrogens is 357 g/mol. The van der Waals surface area contributed by atoms with E-state index in [1.165, 1.54) is 25.3 Å². The number of fused-ring (bicyclic) bond motifs is 1. The Morgan fingerprint density at radius 1 is 1.25 bits per heavy atom. The van der Waals surface area contributed by atoms with E-state index in [-0.39, 0.29) is 11.4 Å². The largest absolute Gasteiger partial charge is 0.301 e. The van der Waals surface area contributed by atoms with Crippen LogP contribution in [0.3, 0.4) is 0 Å². The second kappa shape index (κ2) is 8.89. The van der Waals surface area contributed by atoms with Gasteiger partial charge in [-0.3, -0.25) is 14.9 Å². The molecule has 28 heavy (non-hydrogen) atoms. The molecule has 4 unspecified atom stereocenters. The summed E-state index contributed by atoms with van der Waals surface area (Å²) >= 11 is 0. The number of likely N-dealkylation sites (tertiary alicyclic amines) is 1. The molecule has 2 aliphatic heterocycles. The number of carbonyl (C=O) groups is 1. The lowest BCUT2D eigenvalue weighted by molar-refractivity contribution is 0.0503. The maximum absolute atomic E-state index is 14.6. The molecule has 1 aromatic rings. The third-order valence-electron chi connectivity index (χ3n) is 6.97. The monoisotopic (exact) mass is 391 g/mol. The molecule has 2 N–H and O–H groups in total. The average molecular weight is 392 g/mol. The first kappa shape index (κ1) is 21.2. The molecule has 0 bridgehead atoms. The first-order valence-corrected chi connectivity index (χ1v) is 10.6. The molecule has 1 amide bonds. The molecule has 4 atom stereocenters. The number of amides is 1. The molecule has 0 saturated carbocycles. The third kappa shape index (κ3) is 4.24. The predicted octanol–water partition coefficient (Wildman–Crippen LogP) is 3.59. The number of piperidine rings is 1. The lowest BCUT2D eigenvalue weighted by atomic mass is 9.83. The Labute approximate surface area is 167 Å². The number of carbonyl (C=O) groups excluding carboxylic acids is 1. The Kier molecular flexibility index (Phi) is 6.73. The molecule has 2 heterocycles. The van der Waals surface area contributed by atoms with E-state index in [0.717, 1.165) is 24.1 Å². The molecule has 0 radical (unpaired) electrons. The van der Waals surface area contributed by atoms with Crippen molar-refractivity contribution in [2.45, 2.75) is 77.5 Å². The van der Waals surface area contributed by atoms with Gasteiger partial charge in [-0.2, -0.15) is 0 Å². The Morgan fingerprint density at radius 3 is 2.61 bits per heavy atom. The maximum atomic E-state index is 14.6. The maximum Gasteiger partial charge on any atom is 0.274 e. The first-order valence-electron chi connectivity index (χ1n) is 10.6. The highest BCUT2D eigenvalue weighted by molar-refractivity contribution is 5.93. The van der Waals surface area contributed by atoms with Crippen LogP contribution in [0.15, 0.2) is 12.1 Å². The summed E-state index contributed by atoms with van der Waals surface area (Å²) < 4.78 is 14.6. The average Bonchev–Trinajstić information content (AvgIpc) is 2.69. The summed E-state index contributed by atoms with van der Waals surface area (Å²) in [4.78, 5) is 16.8. The van der Waals surface area contributed by atoms with Crippen molar-refractivity contribution in [3.05, 3.63) is 34.6 Å². The van der Waals surface area contributed by atoms with Gasteiger partial charge in [-0.1, -0.05) is 13.8 Å². The van der Waals surface area contributed by atoms with Gasteiger partial charge in [-0.15, -0.1) is 0 Å². The van der Waals surface area contributed by atoms with Crippen molar-refractivity contribution < 1.29 is 14.4 Å². The van der Waals surface area contributed by atoms with Gasteiger partial charge in [0.25, 0.3) is 5.91 Å². The van der Waals surface area contributed by atoms with E-state index in [9.17, 15) is 9.18 Å². The highest BCUT2D eigenvalue weighted by Crippen LogP contribution is 2.33. The third-order valence-corrected chi connectivity index (χ3v) is 6.97. The Hall–Kier alpha value is -1.50. The van der Waals surface area contributed by atoms with Crippen molar-refractivity contribution >= 4 is 5.91 Å². The van der Waals surface area contributed by atoms with Gasteiger partial charge in [0.05, 0.1) is 0 Å². The highest BCUT2D eigenvalue weighted by Gasteiger charge is 2.34. The number of hydrogen-bond acceptors (Lipinski definition) is 4. The van der Waals surface area contributed by atoms with Gasteiger partial charge in [0, 0.05) is 36.8 Å². The molecule has 1 aromatic carbocycles. The summed E-state index contributed by atoms with van der Waals surface area (Å²) in [6.45, 7) is 8.42. The fraction of sp³-hybridized carbons (Fsp3) is 0.682. The molecule has 2 aliphatic rings. The molecule has 6 heteroatoms. The van der Waals surface area contributed by atoms with Crippen LogP contribution in [0.5, 0.6) is 0 Å². The van der Waals surface area contributed by atoms with Crippen molar-refractivity contribution in [1.29, 1.82) is 0 Å². The van der Waals surface area contributed by atoms with E-state index >= 15 is 0 Å². The molecule has 0 aromatic heterocycles. The minimum absolute atomic E-state index is 0.174. The summed E-state index contributed by atoms with van der Waals surface area (Å²) in [6, 6.07) is 4.50. The standard InChI is InChI=1S/C22H34FN3O2/c1-5-18-8-15(7-14(3)25(18)4)12-26-13-17-9-16(22(27)24-28)10-21(23)20(17)11-19(26)6-2/h9-10,14-15,18-19,28H,5-8,11-13H2,1-4H3,(H,24,27). The Morgan fingerprint density at radius 2 is 1.96 bits per heavy atom. The number of benzene rings is 1. The van der Waals surface area contributed by atoms with Gasteiger partial charge in [0.2, 0.25) is 0 Å². The van der Waals surface area contributed by atoms with Crippen LogP contribution in [-0.4, -0.2) is 52.6 Å². The molecule has 1 saturated heterocycles. The molecule has 0 spiro atoms. The topological polar surface area (TPSA) is 55.8 Å². The summed E-state index contributed by atoms with van der Waals surface area (Å²) in [6.07, 6.45) is 5.23. The van der Waals surface area contributed by atoms with E-state index in [4.69, 9.17) is 5.21 Å². The van der Waals surface area contributed by atoms with E-state index in [1.807, 2.05) is 0 Å². The van der Waals surface area contributed by atoms with E-state index in [0.29, 0.717) is 37.0 Å². The zero-order valence-corrected chi connectivity index (χ0v) is 17.5. The van der Waals surface area contributed by atoms with Crippen LogP contribution >= 0.6 is 0 Å². The second-order valence-electron chi connectivity index (χ2n) is 8.65. The summed E-state index contributed by atoms with van der Waals surface area (Å²) in [5.74, 6) is -0.366. The van der Waals surface area contributed by atoms with Crippen molar-refractivity contribution in [2.75, 3.05) is 13.6 Å². The zero-order chi connectivity index (χ0) is 20.4.